The van der Waals surface area contributed by atoms with E-state index in [4.69, 9.17) is 5.11 Å². The topological polar surface area (TPSA) is 45.1 Å². The van der Waals surface area contributed by atoms with Gasteiger partial charge in [-0.05, 0) is 5.92 Å². The lowest BCUT2D eigenvalue weighted by molar-refractivity contribution is 0.233. The Balaban J connectivity index is 1.91. The number of nitrogens with one attached hydrogen (secondary N) is 1. The number of aliphatic hydroxyl groups is 1. The quantitative estimate of drug-likeness (QED) is 0.841. The van der Waals surface area contributed by atoms with E-state index in [1.165, 1.54) is 0 Å². The third-order valence-corrected chi connectivity index (χ3v) is 3.55. The molecule has 0 saturated carbocycles. The molecule has 1 unspecified atom stereocenters. The van der Waals surface area contributed by atoms with Gasteiger partial charge in [-0.3, -0.25) is 0 Å². The Bertz CT molecular complexity index is 470. The van der Waals surface area contributed by atoms with E-state index in [-0.39, 0.29) is 6.61 Å². The summed E-state index contributed by atoms with van der Waals surface area (Å²) in [5.74, 6) is 0.290. The Kier molecular flexibility index (Phi) is 4.87. The Labute approximate surface area is 112 Å². The van der Waals surface area contributed by atoms with Gasteiger partial charge in [0, 0.05) is 30.6 Å². The van der Waals surface area contributed by atoms with Crippen molar-refractivity contribution in [2.75, 3.05) is 13.2 Å². The van der Waals surface area contributed by atoms with Crippen LogP contribution in [0.5, 0.6) is 0 Å². The summed E-state index contributed by atoms with van der Waals surface area (Å²) in [7, 11) is 0. The van der Waals surface area contributed by atoms with Gasteiger partial charge in [-0.2, -0.15) is 0 Å². The van der Waals surface area contributed by atoms with Crippen LogP contribution in [0.4, 0.5) is 0 Å². The summed E-state index contributed by atoms with van der Waals surface area (Å²) >= 11 is 1.67. The number of nitrogens with zero attached hydrogens (tertiary/aromatic N) is 1. The minimum absolute atomic E-state index is 0.222. The Morgan fingerprint density at radius 3 is 2.83 bits per heavy atom. The van der Waals surface area contributed by atoms with Crippen LogP contribution in [-0.2, 0) is 6.54 Å². The molecule has 1 atom stereocenters. The van der Waals surface area contributed by atoms with Crippen LogP contribution < -0.4 is 5.32 Å². The zero-order chi connectivity index (χ0) is 12.8. The van der Waals surface area contributed by atoms with Crippen molar-refractivity contribution in [3.05, 3.63) is 40.7 Å². The van der Waals surface area contributed by atoms with Gasteiger partial charge in [-0.1, -0.05) is 37.3 Å². The molecule has 3 nitrogen and oxygen atoms in total. The van der Waals surface area contributed by atoms with E-state index in [0.717, 1.165) is 29.4 Å². The minimum Gasteiger partial charge on any atom is -0.396 e. The fourth-order valence-electron chi connectivity index (χ4n) is 1.62. The van der Waals surface area contributed by atoms with E-state index in [1.807, 2.05) is 25.1 Å². The van der Waals surface area contributed by atoms with Crippen molar-refractivity contribution in [3.8, 4) is 11.3 Å². The molecule has 0 aliphatic heterocycles. The molecule has 1 aromatic carbocycles. The van der Waals surface area contributed by atoms with Gasteiger partial charge < -0.3 is 10.4 Å². The van der Waals surface area contributed by atoms with E-state index in [0.29, 0.717) is 5.92 Å². The molecular formula is C14H18N2OS. The van der Waals surface area contributed by atoms with Crippen LogP contribution in [0.25, 0.3) is 11.3 Å². The van der Waals surface area contributed by atoms with Crippen molar-refractivity contribution in [2.24, 2.45) is 5.92 Å². The largest absolute Gasteiger partial charge is 0.396 e. The first-order chi connectivity index (χ1) is 8.79. The molecule has 1 heterocycles. The highest BCUT2D eigenvalue weighted by molar-refractivity contribution is 7.09. The van der Waals surface area contributed by atoms with Gasteiger partial charge in [0.15, 0.2) is 0 Å². The molecule has 18 heavy (non-hydrogen) atoms. The first-order valence-electron chi connectivity index (χ1n) is 6.11. The van der Waals surface area contributed by atoms with Crippen molar-refractivity contribution >= 4 is 11.3 Å². The monoisotopic (exact) mass is 262 g/mol. The molecule has 96 valence electrons. The molecule has 2 rings (SSSR count). The Morgan fingerprint density at radius 2 is 2.11 bits per heavy atom. The third kappa shape index (κ3) is 3.63. The zero-order valence-corrected chi connectivity index (χ0v) is 11.3. The average Bonchev–Trinajstić information content (AvgIpc) is 2.88. The molecule has 0 spiro atoms. The van der Waals surface area contributed by atoms with Crippen molar-refractivity contribution in [3.63, 3.8) is 0 Å². The molecular weight excluding hydrogens is 244 g/mol. The summed E-state index contributed by atoms with van der Waals surface area (Å²) in [5, 5.41) is 15.4. The molecule has 0 fully saturated rings. The number of aromatic nitrogens is 1. The van der Waals surface area contributed by atoms with E-state index in [9.17, 15) is 0 Å². The van der Waals surface area contributed by atoms with Crippen LogP contribution in [0.15, 0.2) is 35.7 Å². The van der Waals surface area contributed by atoms with Gasteiger partial charge in [0.1, 0.15) is 5.01 Å². The van der Waals surface area contributed by atoms with Crippen LogP contribution in [-0.4, -0.2) is 23.2 Å². The summed E-state index contributed by atoms with van der Waals surface area (Å²) < 4.78 is 0. The Morgan fingerprint density at radius 1 is 1.33 bits per heavy atom. The summed E-state index contributed by atoms with van der Waals surface area (Å²) in [6, 6.07) is 10.2. The lowest BCUT2D eigenvalue weighted by Crippen LogP contribution is -2.22. The van der Waals surface area contributed by atoms with Gasteiger partial charge in [0.2, 0.25) is 0 Å². The number of aliphatic hydroxyl groups excluding tert-OH is 1. The molecule has 1 aromatic heterocycles. The van der Waals surface area contributed by atoms with E-state index in [2.05, 4.69) is 27.8 Å². The Hall–Kier alpha value is -1.23. The van der Waals surface area contributed by atoms with Crippen molar-refractivity contribution < 1.29 is 5.11 Å². The van der Waals surface area contributed by atoms with E-state index in [1.54, 1.807) is 11.3 Å². The van der Waals surface area contributed by atoms with Gasteiger partial charge >= 0.3 is 0 Å². The highest BCUT2D eigenvalue weighted by Crippen LogP contribution is 2.21. The molecule has 2 aromatic rings. The number of rotatable bonds is 6. The molecule has 0 bridgehead atoms. The smallest absolute Gasteiger partial charge is 0.107 e. The van der Waals surface area contributed by atoms with Crippen LogP contribution in [0.1, 0.15) is 11.9 Å². The predicted octanol–water partition coefficient (Wildman–Crippen LogP) is 2.53. The fraction of sp³-hybridized carbons (Fsp3) is 0.357. The molecule has 4 heteroatoms. The average molecular weight is 262 g/mol. The van der Waals surface area contributed by atoms with Crippen LogP contribution in [0.3, 0.4) is 0 Å². The van der Waals surface area contributed by atoms with Crippen LogP contribution in [0.2, 0.25) is 0 Å². The molecule has 0 radical (unpaired) electrons. The standard InChI is InChI=1S/C14H18N2OS/c1-11(9-17)7-15-8-14-16-13(10-18-14)12-5-3-2-4-6-12/h2-6,10-11,15,17H,7-9H2,1H3. The summed E-state index contributed by atoms with van der Waals surface area (Å²) in [5.41, 5.74) is 2.19. The van der Waals surface area contributed by atoms with Gasteiger partial charge in [0.25, 0.3) is 0 Å². The first-order valence-corrected chi connectivity index (χ1v) is 6.99. The minimum atomic E-state index is 0.222. The second-order valence-corrected chi connectivity index (χ2v) is 5.35. The highest BCUT2D eigenvalue weighted by atomic mass is 32.1. The normalized spacial score (nSPS) is 12.6. The second kappa shape index (κ2) is 6.64. The lowest BCUT2D eigenvalue weighted by atomic mass is 10.2. The van der Waals surface area contributed by atoms with Crippen LogP contribution >= 0.6 is 11.3 Å². The van der Waals surface area contributed by atoms with Gasteiger partial charge in [0.05, 0.1) is 5.69 Å². The number of benzene rings is 1. The van der Waals surface area contributed by atoms with Gasteiger partial charge in [-0.15, -0.1) is 11.3 Å². The number of hydrogen-bond acceptors (Lipinski definition) is 4. The predicted molar refractivity (Wildman–Crippen MR) is 75.5 cm³/mol. The molecule has 2 N–H and O–H groups in total. The summed E-state index contributed by atoms with van der Waals surface area (Å²) in [6.45, 7) is 3.82. The number of thiazole rings is 1. The summed E-state index contributed by atoms with van der Waals surface area (Å²) in [4.78, 5) is 4.60. The fourth-order valence-corrected chi connectivity index (χ4v) is 2.40. The molecule has 0 aliphatic carbocycles. The maximum absolute atomic E-state index is 8.93. The maximum atomic E-state index is 8.93. The number of hydrogen-bond donors (Lipinski definition) is 2. The van der Waals surface area contributed by atoms with E-state index >= 15 is 0 Å². The SMILES string of the molecule is CC(CO)CNCc1nc(-c2ccccc2)cs1. The van der Waals surface area contributed by atoms with Gasteiger partial charge in [-0.25, -0.2) is 4.98 Å². The maximum Gasteiger partial charge on any atom is 0.107 e. The first kappa shape index (κ1) is 13.2. The third-order valence-electron chi connectivity index (χ3n) is 2.70. The van der Waals surface area contributed by atoms with Crippen molar-refractivity contribution in [2.45, 2.75) is 13.5 Å². The lowest BCUT2D eigenvalue weighted by Gasteiger charge is -2.07. The molecule has 0 amide bonds. The van der Waals surface area contributed by atoms with Crippen LogP contribution in [0, 0.1) is 5.92 Å². The van der Waals surface area contributed by atoms with E-state index < -0.39 is 0 Å². The van der Waals surface area contributed by atoms with Crippen molar-refractivity contribution in [1.29, 1.82) is 0 Å². The molecule has 0 aliphatic rings. The molecule has 0 saturated heterocycles. The zero-order valence-electron chi connectivity index (χ0n) is 10.5. The summed E-state index contributed by atoms with van der Waals surface area (Å²) in [6.07, 6.45) is 0. The van der Waals surface area contributed by atoms with Crippen molar-refractivity contribution in [1.82, 2.24) is 10.3 Å². The second-order valence-electron chi connectivity index (χ2n) is 4.41. The highest BCUT2D eigenvalue weighted by Gasteiger charge is 2.04.